The molecule has 1 N–H and O–H groups in total. The number of carbonyl (C=O) groups excluding carboxylic acids is 2. The molecule has 1 unspecified atom stereocenters. The lowest BCUT2D eigenvalue weighted by atomic mass is 10.1. The Labute approximate surface area is 183 Å². The van der Waals surface area contributed by atoms with Gasteiger partial charge < -0.3 is 14.6 Å². The number of amides is 1. The molecule has 1 atom stereocenters. The number of rotatable bonds is 10. The van der Waals surface area contributed by atoms with Gasteiger partial charge in [-0.1, -0.05) is 48.2 Å². The second-order valence-corrected chi connectivity index (χ2v) is 8.37. The Balaban J connectivity index is 1.44. The third-order valence-corrected chi connectivity index (χ3v) is 6.13. The minimum atomic E-state index is -0.848. The summed E-state index contributed by atoms with van der Waals surface area (Å²) in [7, 11) is 0. The van der Waals surface area contributed by atoms with Gasteiger partial charge in [0.15, 0.2) is 17.1 Å². The first-order valence-electron chi connectivity index (χ1n) is 9.69. The van der Waals surface area contributed by atoms with Crippen LogP contribution in [0.1, 0.15) is 19.4 Å². The molecule has 0 fully saturated rings. The summed E-state index contributed by atoms with van der Waals surface area (Å²) in [5.41, 5.74) is 1.14. The van der Waals surface area contributed by atoms with Crippen LogP contribution in [-0.4, -0.2) is 45.0 Å². The van der Waals surface area contributed by atoms with E-state index in [1.807, 2.05) is 59.3 Å². The van der Waals surface area contributed by atoms with Crippen LogP contribution < -0.4 is 5.32 Å². The van der Waals surface area contributed by atoms with Gasteiger partial charge in [0.05, 0.1) is 10.6 Å². The van der Waals surface area contributed by atoms with Crippen LogP contribution in [0.5, 0.6) is 0 Å². The van der Waals surface area contributed by atoms with Gasteiger partial charge in [-0.15, -0.1) is 21.5 Å². The molecule has 0 aliphatic heterocycles. The van der Waals surface area contributed by atoms with Gasteiger partial charge >= 0.3 is 5.97 Å². The molecule has 3 rings (SSSR count). The third kappa shape index (κ3) is 5.93. The first-order valence-corrected chi connectivity index (χ1v) is 11.6. The average Bonchev–Trinajstić information content (AvgIpc) is 3.42. The summed E-state index contributed by atoms with van der Waals surface area (Å²) < 4.78 is 7.22. The largest absolute Gasteiger partial charge is 0.452 e. The molecular weight excluding hydrogens is 420 g/mol. The molecule has 0 spiro atoms. The summed E-state index contributed by atoms with van der Waals surface area (Å²) in [5, 5.41) is 13.9. The van der Waals surface area contributed by atoms with Crippen LogP contribution in [0.25, 0.3) is 10.7 Å². The van der Waals surface area contributed by atoms with Gasteiger partial charge in [-0.3, -0.25) is 9.59 Å². The summed E-state index contributed by atoms with van der Waals surface area (Å²) in [6.07, 6.45) is -0.123. The lowest BCUT2D eigenvalue weighted by Gasteiger charge is -2.13. The number of carbonyl (C=O) groups is 2. The molecule has 2 aromatic heterocycles. The van der Waals surface area contributed by atoms with Crippen LogP contribution >= 0.6 is 23.1 Å². The zero-order chi connectivity index (χ0) is 21.3. The average molecular weight is 445 g/mol. The quantitative estimate of drug-likeness (QED) is 0.381. The van der Waals surface area contributed by atoms with Crippen molar-refractivity contribution in [3.8, 4) is 10.7 Å². The summed E-state index contributed by atoms with van der Waals surface area (Å²) >= 11 is 2.85. The van der Waals surface area contributed by atoms with Crippen molar-refractivity contribution >= 4 is 35.0 Å². The Morgan fingerprint density at radius 1 is 1.20 bits per heavy atom. The molecular formula is C21H24N4O3S2. The van der Waals surface area contributed by atoms with Gasteiger partial charge in [0.2, 0.25) is 0 Å². The Kier molecular flexibility index (Phi) is 8.04. The zero-order valence-electron chi connectivity index (χ0n) is 16.9. The van der Waals surface area contributed by atoms with Crippen molar-refractivity contribution in [2.24, 2.45) is 0 Å². The van der Waals surface area contributed by atoms with Gasteiger partial charge in [-0.2, -0.15) is 0 Å². The van der Waals surface area contributed by atoms with E-state index in [0.29, 0.717) is 18.2 Å². The normalized spacial score (nSPS) is 11.8. The van der Waals surface area contributed by atoms with Crippen molar-refractivity contribution < 1.29 is 14.3 Å². The standard InChI is InChI=1S/C21H24N4O3S2/c1-3-25-19(17-10-7-13-29-17)23-24-21(25)30-14-18(26)28-15(2)20(27)22-12-11-16-8-5-4-6-9-16/h4-10,13,15H,3,11-12,14H2,1-2H3,(H,22,27). The van der Waals surface area contributed by atoms with E-state index in [-0.39, 0.29) is 11.7 Å². The van der Waals surface area contributed by atoms with E-state index in [1.54, 1.807) is 18.3 Å². The first-order chi connectivity index (χ1) is 14.6. The summed E-state index contributed by atoms with van der Waals surface area (Å²) in [6.45, 7) is 4.76. The second-order valence-electron chi connectivity index (χ2n) is 6.48. The predicted octanol–water partition coefficient (Wildman–Crippen LogP) is 3.41. The molecule has 158 valence electrons. The van der Waals surface area contributed by atoms with Gasteiger partial charge in [0.1, 0.15) is 0 Å². The first kappa shape index (κ1) is 22.0. The zero-order valence-corrected chi connectivity index (χ0v) is 18.5. The van der Waals surface area contributed by atoms with E-state index in [0.717, 1.165) is 22.7 Å². The molecule has 1 amide bonds. The Morgan fingerprint density at radius 2 is 2.00 bits per heavy atom. The minimum Gasteiger partial charge on any atom is -0.452 e. The van der Waals surface area contributed by atoms with Crippen molar-refractivity contribution in [3.63, 3.8) is 0 Å². The Hall–Kier alpha value is -2.65. The fraction of sp³-hybridized carbons (Fsp3) is 0.333. The van der Waals surface area contributed by atoms with Crippen LogP contribution in [-0.2, 0) is 27.3 Å². The molecule has 7 nitrogen and oxygen atoms in total. The molecule has 0 saturated heterocycles. The molecule has 0 saturated carbocycles. The maximum absolute atomic E-state index is 12.2. The summed E-state index contributed by atoms with van der Waals surface area (Å²) in [5.74, 6) is 0.0778. The number of nitrogens with zero attached hydrogens (tertiary/aromatic N) is 3. The topological polar surface area (TPSA) is 86.1 Å². The number of thioether (sulfide) groups is 1. The number of benzene rings is 1. The van der Waals surface area contributed by atoms with Crippen LogP contribution in [0.4, 0.5) is 0 Å². The third-order valence-electron chi connectivity index (χ3n) is 4.33. The van der Waals surface area contributed by atoms with E-state index in [9.17, 15) is 9.59 Å². The monoisotopic (exact) mass is 444 g/mol. The number of aromatic nitrogens is 3. The predicted molar refractivity (Wildman–Crippen MR) is 118 cm³/mol. The van der Waals surface area contributed by atoms with E-state index >= 15 is 0 Å². The number of nitrogens with one attached hydrogen (secondary N) is 1. The highest BCUT2D eigenvalue weighted by Crippen LogP contribution is 2.27. The van der Waals surface area contributed by atoms with E-state index in [4.69, 9.17) is 4.74 Å². The summed E-state index contributed by atoms with van der Waals surface area (Å²) in [4.78, 5) is 25.4. The van der Waals surface area contributed by atoms with Gasteiger partial charge in [-0.05, 0) is 37.3 Å². The number of hydrogen-bond acceptors (Lipinski definition) is 7. The number of esters is 1. The molecule has 0 aliphatic rings. The molecule has 2 heterocycles. The molecule has 0 radical (unpaired) electrons. The van der Waals surface area contributed by atoms with Crippen LogP contribution in [0, 0.1) is 0 Å². The smallest absolute Gasteiger partial charge is 0.317 e. The fourth-order valence-electron chi connectivity index (χ4n) is 2.80. The van der Waals surface area contributed by atoms with Gasteiger partial charge in [0.25, 0.3) is 5.91 Å². The van der Waals surface area contributed by atoms with E-state index in [2.05, 4.69) is 15.5 Å². The van der Waals surface area contributed by atoms with Crippen molar-refractivity contribution in [1.82, 2.24) is 20.1 Å². The molecule has 30 heavy (non-hydrogen) atoms. The van der Waals surface area contributed by atoms with E-state index < -0.39 is 12.1 Å². The maximum Gasteiger partial charge on any atom is 0.317 e. The van der Waals surface area contributed by atoms with Crippen molar-refractivity contribution in [1.29, 1.82) is 0 Å². The van der Waals surface area contributed by atoms with E-state index in [1.165, 1.54) is 11.8 Å². The fourth-order valence-corrected chi connectivity index (χ4v) is 4.30. The van der Waals surface area contributed by atoms with Gasteiger partial charge in [0, 0.05) is 13.1 Å². The maximum atomic E-state index is 12.2. The lowest BCUT2D eigenvalue weighted by Crippen LogP contribution is -2.37. The van der Waals surface area contributed by atoms with Gasteiger partial charge in [-0.25, -0.2) is 0 Å². The number of thiophene rings is 1. The van der Waals surface area contributed by atoms with Crippen LogP contribution in [0.2, 0.25) is 0 Å². The second kappa shape index (κ2) is 10.9. The molecule has 0 aliphatic carbocycles. The Bertz CT molecular complexity index is 958. The van der Waals surface area contributed by atoms with Crippen molar-refractivity contribution in [3.05, 3.63) is 53.4 Å². The van der Waals surface area contributed by atoms with Crippen LogP contribution in [0.3, 0.4) is 0 Å². The highest BCUT2D eigenvalue weighted by molar-refractivity contribution is 7.99. The molecule has 9 heteroatoms. The lowest BCUT2D eigenvalue weighted by molar-refractivity contribution is -0.152. The highest BCUT2D eigenvalue weighted by Gasteiger charge is 2.19. The summed E-state index contributed by atoms with van der Waals surface area (Å²) in [6, 6.07) is 13.8. The van der Waals surface area contributed by atoms with Crippen molar-refractivity contribution in [2.75, 3.05) is 12.3 Å². The Morgan fingerprint density at radius 3 is 2.70 bits per heavy atom. The minimum absolute atomic E-state index is 0.0597. The highest BCUT2D eigenvalue weighted by atomic mass is 32.2. The number of hydrogen-bond donors (Lipinski definition) is 1. The van der Waals surface area contributed by atoms with Crippen molar-refractivity contribution in [2.45, 2.75) is 38.1 Å². The molecule has 3 aromatic rings. The van der Waals surface area contributed by atoms with Crippen LogP contribution in [0.15, 0.2) is 53.0 Å². The number of ether oxygens (including phenoxy) is 1. The molecule has 1 aromatic carbocycles. The molecule has 0 bridgehead atoms. The SMILES string of the molecule is CCn1c(SCC(=O)OC(C)C(=O)NCCc2ccccc2)nnc1-c1cccs1.